The van der Waals surface area contributed by atoms with E-state index in [0.29, 0.717) is 12.8 Å². The Kier molecular flexibility index (Phi) is 5.32. The van der Waals surface area contributed by atoms with Crippen LogP contribution in [0.4, 0.5) is 26.3 Å². The average Bonchev–Trinajstić information content (AvgIpc) is 2.49. The highest BCUT2D eigenvalue weighted by atomic mass is 35.5. The molecule has 0 atom stereocenters. The van der Waals surface area contributed by atoms with Gasteiger partial charge in [0, 0.05) is 12.1 Å². The molecule has 0 bridgehead atoms. The summed E-state index contributed by atoms with van der Waals surface area (Å²) < 4.78 is 85.5. The first-order chi connectivity index (χ1) is 11.2. The molecule has 8 heteroatoms. The molecule has 130 valence electrons. The zero-order valence-electron chi connectivity index (χ0n) is 12.3. The molecule has 0 aliphatic rings. The number of halogens is 7. The standard InChI is InChI=1S/C16H11ClF6O/c1-2-3-8-4-5-10(13(17)14(8)20)16(22,23)24-9-6-11(18)15(21)12(19)7-9/h4-7H,2-3H2,1H3. The summed E-state index contributed by atoms with van der Waals surface area (Å²) in [5.74, 6) is -7.20. The van der Waals surface area contributed by atoms with Gasteiger partial charge in [-0.15, -0.1) is 0 Å². The summed E-state index contributed by atoms with van der Waals surface area (Å²) in [7, 11) is 0. The van der Waals surface area contributed by atoms with Gasteiger partial charge in [-0.3, -0.25) is 0 Å². The normalized spacial score (nSPS) is 11.7. The number of benzene rings is 2. The van der Waals surface area contributed by atoms with Gasteiger partial charge in [-0.1, -0.05) is 31.0 Å². The van der Waals surface area contributed by atoms with Gasteiger partial charge in [0.1, 0.15) is 11.6 Å². The van der Waals surface area contributed by atoms with Crippen molar-refractivity contribution in [2.75, 3.05) is 0 Å². The maximum atomic E-state index is 14.2. The molecule has 0 saturated heterocycles. The van der Waals surface area contributed by atoms with Crippen LogP contribution in [-0.2, 0) is 12.5 Å². The molecule has 0 unspecified atom stereocenters. The molecule has 1 nitrogen and oxygen atoms in total. The van der Waals surface area contributed by atoms with Crippen molar-refractivity contribution in [1.82, 2.24) is 0 Å². The molecule has 0 heterocycles. The number of rotatable bonds is 5. The third-order valence-corrected chi connectivity index (χ3v) is 3.57. The lowest BCUT2D eigenvalue weighted by atomic mass is 10.1. The van der Waals surface area contributed by atoms with Crippen molar-refractivity contribution < 1.29 is 31.1 Å². The lowest BCUT2D eigenvalue weighted by Crippen LogP contribution is -2.23. The van der Waals surface area contributed by atoms with Gasteiger partial charge in [0.15, 0.2) is 17.5 Å². The molecule has 0 aliphatic carbocycles. The second kappa shape index (κ2) is 6.93. The number of hydrogen-bond acceptors (Lipinski definition) is 1. The Morgan fingerprint density at radius 2 is 1.58 bits per heavy atom. The highest BCUT2D eigenvalue weighted by molar-refractivity contribution is 6.31. The van der Waals surface area contributed by atoms with Crippen LogP contribution in [0.5, 0.6) is 5.75 Å². The Bertz CT molecular complexity index is 739. The van der Waals surface area contributed by atoms with Crippen molar-refractivity contribution in [2.45, 2.75) is 25.9 Å². The summed E-state index contributed by atoms with van der Waals surface area (Å²) in [6.07, 6.45) is -3.31. The number of alkyl halides is 2. The van der Waals surface area contributed by atoms with Gasteiger partial charge >= 0.3 is 6.11 Å². The number of hydrogen-bond donors (Lipinski definition) is 0. The van der Waals surface area contributed by atoms with Crippen molar-refractivity contribution in [3.8, 4) is 5.75 Å². The van der Waals surface area contributed by atoms with E-state index in [2.05, 4.69) is 4.74 Å². The fourth-order valence-electron chi connectivity index (χ4n) is 2.07. The van der Waals surface area contributed by atoms with Crippen LogP contribution in [0.25, 0.3) is 0 Å². The maximum Gasteiger partial charge on any atom is 0.428 e. The molecular weight excluding hydrogens is 358 g/mol. The third-order valence-electron chi connectivity index (χ3n) is 3.20. The smallest absolute Gasteiger partial charge is 0.428 e. The monoisotopic (exact) mass is 368 g/mol. The van der Waals surface area contributed by atoms with Crippen LogP contribution in [0.1, 0.15) is 24.5 Å². The van der Waals surface area contributed by atoms with Crippen LogP contribution in [0.2, 0.25) is 5.02 Å². The average molecular weight is 369 g/mol. The molecular formula is C16H11ClF6O. The van der Waals surface area contributed by atoms with Gasteiger partial charge in [0.2, 0.25) is 0 Å². The molecule has 0 aromatic heterocycles. The van der Waals surface area contributed by atoms with E-state index in [1.165, 1.54) is 0 Å². The highest BCUT2D eigenvalue weighted by Gasteiger charge is 2.38. The van der Waals surface area contributed by atoms with Gasteiger partial charge in [0.05, 0.1) is 10.6 Å². The molecule has 0 spiro atoms. The van der Waals surface area contributed by atoms with Crippen molar-refractivity contribution in [1.29, 1.82) is 0 Å². The number of aryl methyl sites for hydroxylation is 1. The quantitative estimate of drug-likeness (QED) is 0.466. The third kappa shape index (κ3) is 3.61. The van der Waals surface area contributed by atoms with Crippen LogP contribution in [0.3, 0.4) is 0 Å². The van der Waals surface area contributed by atoms with Crippen molar-refractivity contribution >= 4 is 11.6 Å². The zero-order valence-corrected chi connectivity index (χ0v) is 13.0. The molecule has 2 aromatic rings. The highest BCUT2D eigenvalue weighted by Crippen LogP contribution is 2.38. The van der Waals surface area contributed by atoms with Crippen LogP contribution < -0.4 is 4.74 Å². The van der Waals surface area contributed by atoms with Crippen LogP contribution in [0.15, 0.2) is 24.3 Å². The molecule has 0 saturated carbocycles. The van der Waals surface area contributed by atoms with Gasteiger partial charge in [-0.05, 0) is 18.1 Å². The minimum atomic E-state index is -4.18. The summed E-state index contributed by atoms with van der Waals surface area (Å²) >= 11 is 5.63. The Morgan fingerprint density at radius 3 is 2.12 bits per heavy atom. The maximum absolute atomic E-state index is 14.2. The second-order valence-corrected chi connectivity index (χ2v) is 5.35. The van der Waals surface area contributed by atoms with Crippen molar-refractivity contribution in [3.63, 3.8) is 0 Å². The minimum Gasteiger partial charge on any atom is -0.429 e. The second-order valence-electron chi connectivity index (χ2n) is 4.97. The predicted octanol–water partition coefficient (Wildman–Crippen LogP) is 5.98. The Labute approximate surface area is 138 Å². The molecule has 0 N–H and O–H groups in total. The summed E-state index contributed by atoms with van der Waals surface area (Å²) in [5, 5.41) is -0.853. The molecule has 2 rings (SSSR count). The van der Waals surface area contributed by atoms with Gasteiger partial charge in [-0.25, -0.2) is 17.6 Å². The van der Waals surface area contributed by atoms with Gasteiger partial charge < -0.3 is 4.74 Å². The minimum absolute atomic E-state index is 0.154. The fourth-order valence-corrected chi connectivity index (χ4v) is 2.37. The van der Waals surface area contributed by atoms with E-state index >= 15 is 0 Å². The SMILES string of the molecule is CCCc1ccc(C(F)(F)Oc2cc(F)c(F)c(F)c2)c(Cl)c1F. The first-order valence-electron chi connectivity index (χ1n) is 6.86. The summed E-state index contributed by atoms with van der Waals surface area (Å²) in [4.78, 5) is 0. The van der Waals surface area contributed by atoms with E-state index in [9.17, 15) is 26.3 Å². The van der Waals surface area contributed by atoms with E-state index in [0.717, 1.165) is 12.1 Å². The molecule has 0 aliphatic heterocycles. The van der Waals surface area contributed by atoms with Crippen LogP contribution in [0, 0.1) is 23.3 Å². The number of ether oxygens (including phenoxy) is 1. The lowest BCUT2D eigenvalue weighted by Gasteiger charge is -2.20. The van der Waals surface area contributed by atoms with Crippen LogP contribution in [-0.4, -0.2) is 0 Å². The molecule has 0 amide bonds. The van der Waals surface area contributed by atoms with Crippen molar-refractivity contribution in [2.24, 2.45) is 0 Å². The molecule has 2 aromatic carbocycles. The van der Waals surface area contributed by atoms with E-state index in [4.69, 9.17) is 11.6 Å². The molecule has 0 fully saturated rings. The van der Waals surface area contributed by atoms with E-state index < -0.39 is 45.7 Å². The Morgan fingerprint density at radius 1 is 1.00 bits per heavy atom. The first kappa shape index (κ1) is 18.4. The van der Waals surface area contributed by atoms with Crippen LogP contribution >= 0.6 is 11.6 Å². The molecule has 24 heavy (non-hydrogen) atoms. The van der Waals surface area contributed by atoms with Crippen molar-refractivity contribution in [3.05, 3.63) is 63.7 Å². The Hall–Kier alpha value is -1.89. The Balaban J connectivity index is 2.39. The molecule has 0 radical (unpaired) electrons. The summed E-state index contributed by atoms with van der Waals surface area (Å²) in [5.41, 5.74) is -0.854. The predicted molar refractivity (Wildman–Crippen MR) is 76.2 cm³/mol. The van der Waals surface area contributed by atoms with Gasteiger partial charge in [-0.2, -0.15) is 8.78 Å². The van der Waals surface area contributed by atoms with Gasteiger partial charge in [0.25, 0.3) is 0 Å². The van der Waals surface area contributed by atoms with E-state index in [1.54, 1.807) is 6.92 Å². The van der Waals surface area contributed by atoms with E-state index in [1.807, 2.05) is 0 Å². The topological polar surface area (TPSA) is 9.23 Å². The largest absolute Gasteiger partial charge is 0.429 e. The summed E-state index contributed by atoms with van der Waals surface area (Å²) in [6, 6.07) is 2.50. The first-order valence-corrected chi connectivity index (χ1v) is 7.24. The fraction of sp³-hybridized carbons (Fsp3) is 0.250. The van der Waals surface area contributed by atoms with E-state index in [-0.39, 0.29) is 17.7 Å². The zero-order chi connectivity index (χ0) is 18.1. The lowest BCUT2D eigenvalue weighted by molar-refractivity contribution is -0.185. The summed E-state index contributed by atoms with van der Waals surface area (Å²) in [6.45, 7) is 1.77.